The Morgan fingerprint density at radius 3 is 2.43 bits per heavy atom. The number of amides is 2. The van der Waals surface area contributed by atoms with E-state index in [9.17, 15) is 14.4 Å². The number of likely N-dealkylation sites (tertiary alicyclic amines) is 1. The van der Waals surface area contributed by atoms with Gasteiger partial charge >= 0.3 is 0 Å². The van der Waals surface area contributed by atoms with E-state index in [0.717, 1.165) is 11.1 Å². The Labute approximate surface area is 165 Å². The number of Topliss-reactive ketones (excluding diaryl/α,β-unsaturated/α-hetero) is 1. The van der Waals surface area contributed by atoms with Crippen molar-refractivity contribution in [2.24, 2.45) is 5.92 Å². The van der Waals surface area contributed by atoms with E-state index in [1.165, 1.54) is 6.08 Å². The van der Waals surface area contributed by atoms with E-state index in [4.69, 9.17) is 0 Å². The molecule has 2 aromatic rings. The minimum absolute atomic E-state index is 0.0242. The number of benzene rings is 2. The molecule has 1 aliphatic rings. The van der Waals surface area contributed by atoms with Crippen molar-refractivity contribution >= 4 is 23.3 Å². The van der Waals surface area contributed by atoms with Crippen LogP contribution in [0.1, 0.15) is 28.8 Å². The van der Waals surface area contributed by atoms with Gasteiger partial charge in [-0.1, -0.05) is 49.0 Å². The number of nitrogens with zero attached hydrogens (tertiary/aromatic N) is 1. The summed E-state index contributed by atoms with van der Waals surface area (Å²) in [5.74, 6) is -0.103. The quantitative estimate of drug-likeness (QED) is 0.620. The van der Waals surface area contributed by atoms with Gasteiger partial charge in [0.25, 0.3) is 0 Å². The van der Waals surface area contributed by atoms with Gasteiger partial charge in [0, 0.05) is 30.3 Å². The van der Waals surface area contributed by atoms with E-state index in [1.807, 2.05) is 47.4 Å². The number of hydrogen-bond acceptors (Lipinski definition) is 3. The Kier molecular flexibility index (Phi) is 6.37. The Balaban J connectivity index is 1.54. The lowest BCUT2D eigenvalue weighted by molar-refractivity contribution is -0.131. The molecule has 3 rings (SSSR count). The molecular weight excluding hydrogens is 352 g/mol. The Morgan fingerprint density at radius 2 is 1.75 bits per heavy atom. The van der Waals surface area contributed by atoms with E-state index in [-0.39, 0.29) is 29.9 Å². The SMILES string of the molecule is C=CC(=O)Nc1cccc(CC(=O)N2CCC(C(=O)c3ccccc3)CC2)c1. The number of ketones is 1. The van der Waals surface area contributed by atoms with Gasteiger partial charge < -0.3 is 10.2 Å². The zero-order valence-corrected chi connectivity index (χ0v) is 15.8. The smallest absolute Gasteiger partial charge is 0.247 e. The molecule has 5 nitrogen and oxygen atoms in total. The van der Waals surface area contributed by atoms with Crippen LogP contribution >= 0.6 is 0 Å². The molecule has 2 amide bonds. The third-order valence-corrected chi connectivity index (χ3v) is 5.01. The first-order chi connectivity index (χ1) is 13.6. The lowest BCUT2D eigenvalue weighted by Crippen LogP contribution is -2.41. The van der Waals surface area contributed by atoms with E-state index >= 15 is 0 Å². The Hall–Kier alpha value is -3.21. The fourth-order valence-electron chi connectivity index (χ4n) is 3.47. The lowest BCUT2D eigenvalue weighted by atomic mass is 9.88. The van der Waals surface area contributed by atoms with Gasteiger partial charge in [0.1, 0.15) is 0 Å². The molecule has 0 atom stereocenters. The highest BCUT2D eigenvalue weighted by atomic mass is 16.2. The number of carbonyl (C=O) groups is 3. The molecule has 144 valence electrons. The summed E-state index contributed by atoms with van der Waals surface area (Å²) in [5, 5.41) is 2.70. The third-order valence-electron chi connectivity index (χ3n) is 5.01. The van der Waals surface area contributed by atoms with E-state index in [1.54, 1.807) is 12.1 Å². The molecule has 0 bridgehead atoms. The van der Waals surface area contributed by atoms with Gasteiger partial charge in [-0.2, -0.15) is 0 Å². The second kappa shape index (κ2) is 9.13. The molecule has 1 fully saturated rings. The molecule has 2 aromatic carbocycles. The third kappa shape index (κ3) is 4.94. The maximum absolute atomic E-state index is 12.6. The second-order valence-electron chi connectivity index (χ2n) is 6.96. The predicted octanol–water partition coefficient (Wildman–Crippen LogP) is 3.48. The summed E-state index contributed by atoms with van der Waals surface area (Å²) >= 11 is 0. The van der Waals surface area contributed by atoms with Crippen LogP contribution in [-0.4, -0.2) is 35.6 Å². The summed E-state index contributed by atoms with van der Waals surface area (Å²) in [7, 11) is 0. The molecule has 0 saturated carbocycles. The highest BCUT2D eigenvalue weighted by molar-refractivity contribution is 5.99. The summed E-state index contributed by atoms with van der Waals surface area (Å²) in [4.78, 5) is 38.5. The van der Waals surface area contributed by atoms with Gasteiger partial charge in [0.15, 0.2) is 5.78 Å². The average Bonchev–Trinajstić information content (AvgIpc) is 2.74. The number of hydrogen-bond donors (Lipinski definition) is 1. The molecule has 0 unspecified atom stereocenters. The zero-order valence-electron chi connectivity index (χ0n) is 15.8. The Bertz CT molecular complexity index is 868. The molecular formula is C23H24N2O3. The molecule has 28 heavy (non-hydrogen) atoms. The molecule has 0 radical (unpaired) electrons. The second-order valence-corrected chi connectivity index (χ2v) is 6.96. The van der Waals surface area contributed by atoms with Crippen molar-refractivity contribution in [1.29, 1.82) is 0 Å². The summed E-state index contributed by atoms with van der Waals surface area (Å²) < 4.78 is 0. The van der Waals surface area contributed by atoms with Crippen LogP contribution in [0.3, 0.4) is 0 Å². The predicted molar refractivity (Wildman–Crippen MR) is 109 cm³/mol. The van der Waals surface area contributed by atoms with Gasteiger partial charge in [-0.3, -0.25) is 14.4 Å². The molecule has 0 spiro atoms. The van der Waals surface area contributed by atoms with Crippen molar-refractivity contribution in [2.75, 3.05) is 18.4 Å². The van der Waals surface area contributed by atoms with Crippen molar-refractivity contribution in [1.82, 2.24) is 4.90 Å². The molecule has 1 saturated heterocycles. The van der Waals surface area contributed by atoms with E-state index < -0.39 is 0 Å². The highest BCUT2D eigenvalue weighted by Gasteiger charge is 2.27. The van der Waals surface area contributed by atoms with E-state index in [2.05, 4.69) is 11.9 Å². The number of piperidine rings is 1. The maximum atomic E-state index is 12.6. The maximum Gasteiger partial charge on any atom is 0.247 e. The minimum atomic E-state index is -0.284. The standard InChI is InChI=1S/C23H24N2O3/c1-2-21(26)24-20-10-6-7-17(15-20)16-22(27)25-13-11-19(12-14-25)23(28)18-8-4-3-5-9-18/h2-10,15,19H,1,11-14,16H2,(H,24,26). The average molecular weight is 376 g/mol. The van der Waals surface area contributed by atoms with Crippen molar-refractivity contribution in [2.45, 2.75) is 19.3 Å². The molecule has 5 heteroatoms. The van der Waals surface area contributed by atoms with Crippen molar-refractivity contribution in [3.05, 3.63) is 78.4 Å². The van der Waals surface area contributed by atoms with Crippen molar-refractivity contribution in [3.63, 3.8) is 0 Å². The van der Waals surface area contributed by atoms with Crippen LogP contribution in [0.2, 0.25) is 0 Å². The Morgan fingerprint density at radius 1 is 1.04 bits per heavy atom. The summed E-state index contributed by atoms with van der Waals surface area (Å²) in [6.07, 6.45) is 2.86. The van der Waals surface area contributed by atoms with Crippen molar-refractivity contribution in [3.8, 4) is 0 Å². The monoisotopic (exact) mass is 376 g/mol. The fourth-order valence-corrected chi connectivity index (χ4v) is 3.47. The molecule has 1 heterocycles. The van der Waals surface area contributed by atoms with Crippen molar-refractivity contribution < 1.29 is 14.4 Å². The summed E-state index contributed by atoms with van der Waals surface area (Å²) in [6.45, 7) is 4.61. The first-order valence-electron chi connectivity index (χ1n) is 9.46. The van der Waals surface area contributed by atoms with Gasteiger partial charge in [-0.15, -0.1) is 0 Å². The lowest BCUT2D eigenvalue weighted by Gasteiger charge is -2.31. The normalized spacial score (nSPS) is 14.4. The van der Waals surface area contributed by atoms with Gasteiger partial charge in [-0.25, -0.2) is 0 Å². The van der Waals surface area contributed by atoms with Crippen LogP contribution < -0.4 is 5.32 Å². The number of nitrogens with one attached hydrogen (secondary N) is 1. The van der Waals surface area contributed by atoms with Crippen LogP contribution in [-0.2, 0) is 16.0 Å². The first kappa shape index (κ1) is 19.5. The van der Waals surface area contributed by atoms with Crippen LogP contribution in [0.4, 0.5) is 5.69 Å². The fraction of sp³-hybridized carbons (Fsp3) is 0.261. The largest absolute Gasteiger partial charge is 0.342 e. The van der Waals surface area contributed by atoms with Gasteiger partial charge in [-0.05, 0) is 36.6 Å². The number of anilines is 1. The van der Waals surface area contributed by atoms with Gasteiger partial charge in [0.2, 0.25) is 11.8 Å². The zero-order chi connectivity index (χ0) is 19.9. The van der Waals surface area contributed by atoms with E-state index in [0.29, 0.717) is 31.6 Å². The molecule has 1 N–H and O–H groups in total. The summed E-state index contributed by atoms with van der Waals surface area (Å²) in [6, 6.07) is 16.6. The van der Waals surface area contributed by atoms with Crippen LogP contribution in [0, 0.1) is 5.92 Å². The number of rotatable bonds is 6. The number of carbonyl (C=O) groups excluding carboxylic acids is 3. The van der Waals surface area contributed by atoms with Crippen LogP contribution in [0.5, 0.6) is 0 Å². The topological polar surface area (TPSA) is 66.5 Å². The molecule has 1 aliphatic heterocycles. The van der Waals surface area contributed by atoms with Crippen LogP contribution in [0.25, 0.3) is 0 Å². The molecule has 0 aliphatic carbocycles. The van der Waals surface area contributed by atoms with Gasteiger partial charge in [0.05, 0.1) is 6.42 Å². The highest BCUT2D eigenvalue weighted by Crippen LogP contribution is 2.22. The first-order valence-corrected chi connectivity index (χ1v) is 9.46. The minimum Gasteiger partial charge on any atom is -0.342 e. The molecule has 0 aromatic heterocycles. The van der Waals surface area contributed by atoms with Crippen LogP contribution in [0.15, 0.2) is 67.3 Å². The summed E-state index contributed by atoms with van der Waals surface area (Å²) in [5.41, 5.74) is 2.22.